The lowest BCUT2D eigenvalue weighted by Gasteiger charge is -2.23. The Hall–Kier alpha value is -2.11. The molecule has 1 aromatic rings. The number of pyridine rings is 1. The number of aromatic nitrogens is 1. The number of nitrogens with one attached hydrogen (secondary N) is 2. The Morgan fingerprint density at radius 3 is 2.62 bits per heavy atom. The van der Waals surface area contributed by atoms with Gasteiger partial charge in [-0.15, -0.1) is 0 Å². The van der Waals surface area contributed by atoms with Gasteiger partial charge in [-0.25, -0.2) is 4.79 Å². The van der Waals surface area contributed by atoms with E-state index >= 15 is 0 Å². The molecule has 1 aliphatic carbocycles. The monoisotopic (exact) mass is 291 g/mol. The minimum atomic E-state index is -0.823. The summed E-state index contributed by atoms with van der Waals surface area (Å²) in [6, 6.07) is 3.05. The van der Waals surface area contributed by atoms with E-state index in [0.29, 0.717) is 13.0 Å². The fraction of sp³-hybridized carbons (Fsp3) is 0.533. The number of hydrogen-bond donors (Lipinski definition) is 3. The average Bonchev–Trinajstić information content (AvgIpc) is 2.72. The quantitative estimate of drug-likeness (QED) is 0.739. The van der Waals surface area contributed by atoms with Crippen molar-refractivity contribution in [2.24, 2.45) is 5.92 Å². The Morgan fingerprint density at radius 2 is 1.90 bits per heavy atom. The van der Waals surface area contributed by atoms with Crippen LogP contribution in [0.4, 0.5) is 4.79 Å². The van der Waals surface area contributed by atoms with Crippen molar-refractivity contribution in [3.05, 3.63) is 30.1 Å². The van der Waals surface area contributed by atoms with Crippen LogP contribution in [-0.2, 0) is 11.3 Å². The average molecular weight is 291 g/mol. The van der Waals surface area contributed by atoms with Crippen molar-refractivity contribution in [3.63, 3.8) is 0 Å². The van der Waals surface area contributed by atoms with E-state index < -0.39 is 11.9 Å². The van der Waals surface area contributed by atoms with E-state index in [4.69, 9.17) is 0 Å². The van der Waals surface area contributed by atoms with Gasteiger partial charge in [0, 0.05) is 25.0 Å². The molecule has 6 nitrogen and oxygen atoms in total. The molecule has 2 atom stereocenters. The third-order valence-corrected chi connectivity index (χ3v) is 3.85. The molecule has 6 heteroatoms. The third kappa shape index (κ3) is 4.73. The summed E-state index contributed by atoms with van der Waals surface area (Å²) in [5, 5.41) is 14.8. The molecule has 1 aliphatic rings. The summed E-state index contributed by atoms with van der Waals surface area (Å²) >= 11 is 0. The molecule has 1 saturated carbocycles. The van der Waals surface area contributed by atoms with Crippen molar-refractivity contribution in [1.82, 2.24) is 15.6 Å². The Kier molecular flexibility index (Phi) is 5.54. The number of carbonyl (C=O) groups excluding carboxylic acids is 1. The number of carboxylic acid groups (broad SMARTS) is 1. The van der Waals surface area contributed by atoms with Crippen LogP contribution in [0.1, 0.15) is 37.7 Å². The zero-order valence-electron chi connectivity index (χ0n) is 11.9. The van der Waals surface area contributed by atoms with Gasteiger partial charge >= 0.3 is 12.0 Å². The normalized spacial score (nSPS) is 22.1. The van der Waals surface area contributed by atoms with Crippen LogP contribution in [0.2, 0.25) is 0 Å². The number of carbonyl (C=O) groups is 2. The van der Waals surface area contributed by atoms with Gasteiger partial charge in [0.1, 0.15) is 0 Å². The predicted octanol–water partition coefficient (Wildman–Crippen LogP) is 1.91. The van der Waals surface area contributed by atoms with Gasteiger partial charge in [0.2, 0.25) is 0 Å². The van der Waals surface area contributed by atoms with Crippen LogP contribution < -0.4 is 10.6 Å². The van der Waals surface area contributed by atoms with E-state index in [9.17, 15) is 14.7 Å². The van der Waals surface area contributed by atoms with Gasteiger partial charge in [0.05, 0.1) is 5.92 Å². The SMILES string of the molecule is O=C(NCc1ccncc1)NC1CCCCCC1C(=O)O. The number of rotatable bonds is 4. The van der Waals surface area contributed by atoms with Crippen molar-refractivity contribution in [3.8, 4) is 0 Å². The Labute approximate surface area is 124 Å². The van der Waals surface area contributed by atoms with Crippen LogP contribution in [0, 0.1) is 5.92 Å². The molecule has 0 spiro atoms. The molecule has 0 saturated heterocycles. The number of carboxylic acids is 1. The van der Waals surface area contributed by atoms with Crippen molar-refractivity contribution < 1.29 is 14.7 Å². The molecule has 0 aromatic carbocycles. The van der Waals surface area contributed by atoms with Crippen LogP contribution in [-0.4, -0.2) is 28.1 Å². The summed E-state index contributed by atoms with van der Waals surface area (Å²) in [6.45, 7) is 0.402. The molecule has 2 unspecified atom stereocenters. The summed E-state index contributed by atoms with van der Waals surface area (Å²) in [7, 11) is 0. The van der Waals surface area contributed by atoms with Crippen LogP contribution in [0.15, 0.2) is 24.5 Å². The first-order chi connectivity index (χ1) is 10.2. The van der Waals surface area contributed by atoms with E-state index in [1.165, 1.54) is 0 Å². The van der Waals surface area contributed by atoms with Crippen LogP contribution in [0.25, 0.3) is 0 Å². The van der Waals surface area contributed by atoms with Gasteiger partial charge in [-0.1, -0.05) is 19.3 Å². The van der Waals surface area contributed by atoms with E-state index in [1.807, 2.05) is 12.1 Å². The number of hydrogen-bond acceptors (Lipinski definition) is 3. The lowest BCUT2D eigenvalue weighted by Crippen LogP contribution is -2.47. The highest BCUT2D eigenvalue weighted by Gasteiger charge is 2.30. The first-order valence-corrected chi connectivity index (χ1v) is 7.33. The maximum Gasteiger partial charge on any atom is 0.315 e. The molecule has 1 fully saturated rings. The van der Waals surface area contributed by atoms with Crippen molar-refractivity contribution in [2.75, 3.05) is 0 Å². The summed E-state index contributed by atoms with van der Waals surface area (Å²) in [5.74, 6) is -1.31. The Morgan fingerprint density at radius 1 is 1.19 bits per heavy atom. The van der Waals surface area contributed by atoms with E-state index in [1.54, 1.807) is 12.4 Å². The van der Waals surface area contributed by atoms with Crippen LogP contribution in [0.3, 0.4) is 0 Å². The summed E-state index contributed by atoms with van der Waals surface area (Å²) in [4.78, 5) is 27.1. The van der Waals surface area contributed by atoms with Crippen LogP contribution in [0.5, 0.6) is 0 Å². The molecule has 21 heavy (non-hydrogen) atoms. The zero-order chi connectivity index (χ0) is 15.1. The summed E-state index contributed by atoms with van der Waals surface area (Å²) in [5.41, 5.74) is 0.954. The molecule has 1 heterocycles. The lowest BCUT2D eigenvalue weighted by atomic mass is 9.95. The molecule has 0 aliphatic heterocycles. The minimum absolute atomic E-state index is 0.289. The molecular weight excluding hydrogens is 270 g/mol. The highest BCUT2D eigenvalue weighted by molar-refractivity contribution is 5.76. The molecule has 114 valence electrons. The number of urea groups is 1. The third-order valence-electron chi connectivity index (χ3n) is 3.85. The molecular formula is C15H21N3O3. The fourth-order valence-electron chi connectivity index (χ4n) is 2.68. The van der Waals surface area contributed by atoms with Gasteiger partial charge < -0.3 is 15.7 Å². The van der Waals surface area contributed by atoms with E-state index in [-0.39, 0.29) is 12.1 Å². The van der Waals surface area contributed by atoms with Crippen molar-refractivity contribution in [2.45, 2.75) is 44.7 Å². The predicted molar refractivity (Wildman–Crippen MR) is 77.6 cm³/mol. The van der Waals surface area contributed by atoms with Crippen LogP contribution >= 0.6 is 0 Å². The van der Waals surface area contributed by atoms with E-state index in [0.717, 1.165) is 31.2 Å². The number of amides is 2. The van der Waals surface area contributed by atoms with E-state index in [2.05, 4.69) is 15.6 Å². The van der Waals surface area contributed by atoms with Gasteiger partial charge in [0.25, 0.3) is 0 Å². The molecule has 2 rings (SSSR count). The Balaban J connectivity index is 1.86. The van der Waals surface area contributed by atoms with Gasteiger partial charge in [-0.05, 0) is 30.5 Å². The van der Waals surface area contributed by atoms with Gasteiger partial charge in [-0.2, -0.15) is 0 Å². The first-order valence-electron chi connectivity index (χ1n) is 7.33. The first kappa shape index (κ1) is 15.3. The topological polar surface area (TPSA) is 91.3 Å². The molecule has 1 aromatic heterocycles. The number of nitrogens with zero attached hydrogens (tertiary/aromatic N) is 1. The molecule has 3 N–H and O–H groups in total. The molecule has 0 radical (unpaired) electrons. The summed E-state index contributed by atoms with van der Waals surface area (Å²) in [6.07, 6.45) is 7.58. The summed E-state index contributed by atoms with van der Waals surface area (Å²) < 4.78 is 0. The maximum atomic E-state index is 11.9. The van der Waals surface area contributed by atoms with Gasteiger partial charge in [-0.3, -0.25) is 9.78 Å². The minimum Gasteiger partial charge on any atom is -0.481 e. The van der Waals surface area contributed by atoms with Crippen molar-refractivity contribution >= 4 is 12.0 Å². The highest BCUT2D eigenvalue weighted by atomic mass is 16.4. The zero-order valence-corrected chi connectivity index (χ0v) is 11.9. The molecule has 2 amide bonds. The highest BCUT2D eigenvalue weighted by Crippen LogP contribution is 2.23. The van der Waals surface area contributed by atoms with Crippen molar-refractivity contribution in [1.29, 1.82) is 0 Å². The standard InChI is InChI=1S/C15H21N3O3/c19-14(20)12-4-2-1-3-5-13(12)18-15(21)17-10-11-6-8-16-9-7-11/h6-9,12-13H,1-5,10H2,(H,19,20)(H2,17,18,21). The Bertz CT molecular complexity index is 478. The largest absolute Gasteiger partial charge is 0.481 e. The lowest BCUT2D eigenvalue weighted by molar-refractivity contribution is -0.142. The fourth-order valence-corrected chi connectivity index (χ4v) is 2.68. The second-order valence-electron chi connectivity index (χ2n) is 5.37. The maximum absolute atomic E-state index is 11.9. The van der Waals surface area contributed by atoms with Gasteiger partial charge in [0.15, 0.2) is 0 Å². The number of aliphatic carboxylic acids is 1. The second-order valence-corrected chi connectivity index (χ2v) is 5.37. The molecule has 0 bridgehead atoms. The second kappa shape index (κ2) is 7.61. The smallest absolute Gasteiger partial charge is 0.315 e.